The third kappa shape index (κ3) is 1.58. The highest BCUT2D eigenvalue weighted by Crippen LogP contribution is 2.22. The molecule has 2 N–H and O–H groups in total. The lowest BCUT2D eigenvalue weighted by atomic mass is 10.1. The fourth-order valence-corrected chi connectivity index (χ4v) is 1.91. The van der Waals surface area contributed by atoms with Gasteiger partial charge in [-0.15, -0.1) is 0 Å². The molecule has 0 saturated carbocycles. The molecule has 4 heteroatoms. The average molecular weight is 228 g/mol. The summed E-state index contributed by atoms with van der Waals surface area (Å²) in [4.78, 5) is 11.8. The van der Waals surface area contributed by atoms with Crippen molar-refractivity contribution in [1.29, 1.82) is 0 Å². The summed E-state index contributed by atoms with van der Waals surface area (Å²) in [7, 11) is 0. The predicted octanol–water partition coefficient (Wildman–Crippen LogP) is 1.93. The molecule has 17 heavy (non-hydrogen) atoms. The van der Waals surface area contributed by atoms with Gasteiger partial charge in [0.05, 0.1) is 5.52 Å². The fraction of sp³-hybridized carbons (Fsp3) is 0.154. The number of aromatic nitrogens is 1. The second-order valence-corrected chi connectivity index (χ2v) is 4.10. The van der Waals surface area contributed by atoms with E-state index in [0.29, 0.717) is 10.9 Å². The number of nitrogens with zero attached hydrogens (tertiary/aromatic N) is 1. The van der Waals surface area contributed by atoms with Crippen molar-refractivity contribution in [3.05, 3.63) is 52.5 Å². The number of pyridine rings is 1. The summed E-state index contributed by atoms with van der Waals surface area (Å²) in [5.74, 6) is 0.0197. The van der Waals surface area contributed by atoms with Crippen molar-refractivity contribution in [3.63, 3.8) is 0 Å². The molecular weight excluding hydrogens is 216 g/mol. The summed E-state index contributed by atoms with van der Waals surface area (Å²) in [6.45, 7) is 0. The van der Waals surface area contributed by atoms with Crippen LogP contribution < -0.4 is 11.0 Å². The number of aromatic hydroxyl groups is 1. The molecule has 0 saturated heterocycles. The lowest BCUT2D eigenvalue weighted by Crippen LogP contribution is -2.29. The molecule has 86 valence electrons. The van der Waals surface area contributed by atoms with E-state index in [9.17, 15) is 9.90 Å². The molecule has 1 aliphatic carbocycles. The van der Waals surface area contributed by atoms with Crippen LogP contribution in [0.15, 0.2) is 46.9 Å². The van der Waals surface area contributed by atoms with Crippen LogP contribution in [-0.4, -0.2) is 9.78 Å². The molecule has 1 aliphatic rings. The van der Waals surface area contributed by atoms with Crippen LogP contribution in [0.1, 0.15) is 12.8 Å². The number of hydrogen-bond acceptors (Lipinski definition) is 3. The number of benzene rings is 1. The summed E-state index contributed by atoms with van der Waals surface area (Å²) >= 11 is 0. The lowest BCUT2D eigenvalue weighted by Gasteiger charge is -2.19. The molecule has 0 bridgehead atoms. The number of rotatable bonds is 2. The van der Waals surface area contributed by atoms with E-state index in [1.807, 2.05) is 24.3 Å². The van der Waals surface area contributed by atoms with Gasteiger partial charge in [-0.3, -0.25) is 10.2 Å². The van der Waals surface area contributed by atoms with Crippen molar-refractivity contribution in [3.8, 4) is 5.75 Å². The minimum absolute atomic E-state index is 0.0197. The first-order chi connectivity index (χ1) is 8.25. The maximum Gasteiger partial charge on any atom is 0.273 e. The summed E-state index contributed by atoms with van der Waals surface area (Å²) in [6.07, 6.45) is 4.06. The van der Waals surface area contributed by atoms with Crippen molar-refractivity contribution in [2.75, 3.05) is 5.43 Å². The summed E-state index contributed by atoms with van der Waals surface area (Å²) in [6, 6.07) is 8.50. The molecular formula is C13H12N2O2. The van der Waals surface area contributed by atoms with Gasteiger partial charge in [0.2, 0.25) is 0 Å². The van der Waals surface area contributed by atoms with Crippen molar-refractivity contribution in [2.24, 2.45) is 0 Å². The van der Waals surface area contributed by atoms with Crippen LogP contribution in [0, 0.1) is 0 Å². The van der Waals surface area contributed by atoms with E-state index < -0.39 is 0 Å². The summed E-state index contributed by atoms with van der Waals surface area (Å²) < 4.78 is 1.47. The molecule has 0 amide bonds. The van der Waals surface area contributed by atoms with E-state index in [1.165, 1.54) is 10.7 Å². The molecule has 0 atom stereocenters. The maximum absolute atomic E-state index is 11.8. The normalized spacial score (nSPS) is 14.2. The van der Waals surface area contributed by atoms with Crippen LogP contribution in [0.5, 0.6) is 5.75 Å². The third-order valence-electron chi connectivity index (χ3n) is 2.96. The quantitative estimate of drug-likeness (QED) is 0.825. The Morgan fingerprint density at radius 1 is 1.29 bits per heavy atom. The highest BCUT2D eigenvalue weighted by molar-refractivity contribution is 5.85. The maximum atomic E-state index is 11.8. The van der Waals surface area contributed by atoms with Crippen LogP contribution in [-0.2, 0) is 0 Å². The number of allylic oxidation sites excluding steroid dienone is 2. The van der Waals surface area contributed by atoms with E-state index in [1.54, 1.807) is 6.07 Å². The van der Waals surface area contributed by atoms with Gasteiger partial charge in [0.25, 0.3) is 5.56 Å². The van der Waals surface area contributed by atoms with Crippen molar-refractivity contribution in [2.45, 2.75) is 12.8 Å². The topological polar surface area (TPSA) is 54.3 Å². The smallest absolute Gasteiger partial charge is 0.273 e. The zero-order valence-corrected chi connectivity index (χ0v) is 9.18. The zero-order valence-electron chi connectivity index (χ0n) is 9.18. The minimum atomic E-state index is -0.256. The van der Waals surface area contributed by atoms with Gasteiger partial charge >= 0.3 is 0 Å². The minimum Gasteiger partial charge on any atom is -0.507 e. The molecule has 3 rings (SSSR count). The van der Waals surface area contributed by atoms with Gasteiger partial charge in [0.15, 0.2) is 0 Å². The first-order valence-electron chi connectivity index (χ1n) is 5.55. The second kappa shape index (κ2) is 3.66. The van der Waals surface area contributed by atoms with E-state index in [2.05, 4.69) is 5.43 Å². The molecule has 2 aromatic rings. The van der Waals surface area contributed by atoms with Gasteiger partial charge in [0.1, 0.15) is 5.75 Å². The number of para-hydroxylation sites is 1. The SMILES string of the molecule is O=c1cc(O)c2ccccc2n1NC1=CCC1. The molecule has 0 radical (unpaired) electrons. The first kappa shape index (κ1) is 9.96. The Bertz CT molecular complexity index is 671. The van der Waals surface area contributed by atoms with Gasteiger partial charge < -0.3 is 5.11 Å². The first-order valence-corrected chi connectivity index (χ1v) is 5.55. The molecule has 0 spiro atoms. The molecule has 1 aromatic carbocycles. The van der Waals surface area contributed by atoms with Gasteiger partial charge in [-0.2, -0.15) is 0 Å². The molecule has 4 nitrogen and oxygen atoms in total. The van der Waals surface area contributed by atoms with Crippen molar-refractivity contribution < 1.29 is 5.11 Å². The summed E-state index contributed by atoms with van der Waals surface area (Å²) in [5, 5.41) is 10.4. The standard InChI is InChI=1S/C13H12N2O2/c16-12-8-13(17)15(14-9-4-3-5-9)11-7-2-1-6-10(11)12/h1-2,4,6-8,14,16H,3,5H2. The van der Waals surface area contributed by atoms with E-state index in [-0.39, 0.29) is 11.3 Å². The zero-order chi connectivity index (χ0) is 11.8. The van der Waals surface area contributed by atoms with E-state index >= 15 is 0 Å². The molecule has 1 heterocycles. The largest absolute Gasteiger partial charge is 0.507 e. The van der Waals surface area contributed by atoms with Crippen LogP contribution in [0.25, 0.3) is 10.9 Å². The van der Waals surface area contributed by atoms with Gasteiger partial charge in [-0.1, -0.05) is 18.2 Å². The monoisotopic (exact) mass is 228 g/mol. The van der Waals surface area contributed by atoms with Crippen LogP contribution >= 0.6 is 0 Å². The molecule has 1 aromatic heterocycles. The Labute approximate surface area is 97.8 Å². The Balaban J connectivity index is 2.24. The van der Waals surface area contributed by atoms with Crippen LogP contribution in [0.4, 0.5) is 0 Å². The Hall–Kier alpha value is -2.23. The van der Waals surface area contributed by atoms with E-state index in [4.69, 9.17) is 0 Å². The summed E-state index contributed by atoms with van der Waals surface area (Å²) in [5.41, 5.74) is 4.55. The lowest BCUT2D eigenvalue weighted by molar-refractivity contribution is 0.479. The van der Waals surface area contributed by atoms with Crippen LogP contribution in [0.2, 0.25) is 0 Å². The van der Waals surface area contributed by atoms with Gasteiger partial charge in [-0.25, -0.2) is 4.68 Å². The average Bonchev–Trinajstić information content (AvgIpc) is 2.26. The van der Waals surface area contributed by atoms with Gasteiger partial charge in [0, 0.05) is 17.1 Å². The van der Waals surface area contributed by atoms with Crippen LogP contribution in [0.3, 0.4) is 0 Å². The third-order valence-corrected chi connectivity index (χ3v) is 2.96. The number of hydrogen-bond donors (Lipinski definition) is 2. The van der Waals surface area contributed by atoms with E-state index in [0.717, 1.165) is 18.5 Å². The van der Waals surface area contributed by atoms with Crippen molar-refractivity contribution in [1.82, 2.24) is 4.68 Å². The highest BCUT2D eigenvalue weighted by Gasteiger charge is 2.10. The second-order valence-electron chi connectivity index (χ2n) is 4.10. The predicted molar refractivity (Wildman–Crippen MR) is 66.6 cm³/mol. The molecule has 0 fully saturated rings. The Morgan fingerprint density at radius 3 is 2.76 bits per heavy atom. The van der Waals surface area contributed by atoms with Crippen molar-refractivity contribution >= 4 is 10.9 Å². The number of fused-ring (bicyclic) bond motifs is 1. The number of nitrogens with one attached hydrogen (secondary N) is 1. The Kier molecular flexibility index (Phi) is 2.14. The molecule has 0 aliphatic heterocycles. The molecule has 0 unspecified atom stereocenters. The van der Waals surface area contributed by atoms with Gasteiger partial charge in [-0.05, 0) is 25.0 Å². The fourth-order valence-electron chi connectivity index (χ4n) is 1.91. The Morgan fingerprint density at radius 2 is 2.06 bits per heavy atom. The highest BCUT2D eigenvalue weighted by atomic mass is 16.3.